The van der Waals surface area contributed by atoms with E-state index in [2.05, 4.69) is 121 Å². The zero-order chi connectivity index (χ0) is 34.4. The molecule has 250 valence electrons. The smallest absolute Gasteiger partial charge is 0.122 e. The number of hydrogen-bond donors (Lipinski definition) is 1. The molecular formula is C44H63NO. The van der Waals surface area contributed by atoms with Crippen LogP contribution in [0.5, 0.6) is 5.75 Å². The molecule has 2 nitrogen and oxygen atoms in total. The van der Waals surface area contributed by atoms with Gasteiger partial charge in [0.2, 0.25) is 0 Å². The van der Waals surface area contributed by atoms with Crippen LogP contribution in [0.4, 0.5) is 0 Å². The van der Waals surface area contributed by atoms with Crippen molar-refractivity contribution in [1.29, 1.82) is 0 Å². The second kappa shape index (κ2) is 18.8. The lowest BCUT2D eigenvalue weighted by Crippen LogP contribution is -2.14. The monoisotopic (exact) mass is 621 g/mol. The van der Waals surface area contributed by atoms with Crippen molar-refractivity contribution >= 4 is 5.57 Å². The number of rotatable bonds is 8. The average Bonchev–Trinajstić information content (AvgIpc) is 3.61. The fourth-order valence-corrected chi connectivity index (χ4v) is 6.16. The molecule has 2 unspecified atom stereocenters. The molecule has 0 aromatic heterocycles. The lowest BCUT2D eigenvalue weighted by molar-refractivity contribution is 0.411. The Hall–Kier alpha value is -4.04. The number of methoxy groups -OCH3 is 1. The maximum absolute atomic E-state index is 6.24. The van der Waals surface area contributed by atoms with Gasteiger partial charge < -0.3 is 10.5 Å². The van der Waals surface area contributed by atoms with Gasteiger partial charge in [-0.05, 0) is 122 Å². The van der Waals surface area contributed by atoms with Crippen molar-refractivity contribution < 1.29 is 7.59 Å². The Morgan fingerprint density at radius 1 is 0.913 bits per heavy atom. The van der Waals surface area contributed by atoms with Gasteiger partial charge in [0, 0.05) is 14.5 Å². The van der Waals surface area contributed by atoms with E-state index in [1.807, 2.05) is 33.8 Å². The number of hydrogen-bond acceptors (Lipinski definition) is 2. The summed E-state index contributed by atoms with van der Waals surface area (Å²) >= 11 is 0. The SMILES string of the molecule is C=C(CCc1ccc(C)cc1)Cc1cccc(C2=CC(=C)C(C3=C(N)C=CC3)C2C)c1.CC.CC.COc1cc(C)cc(C)c1C.[HH].[HH]. The fourth-order valence-electron chi connectivity index (χ4n) is 6.16. The van der Waals surface area contributed by atoms with Gasteiger partial charge in [0.15, 0.2) is 0 Å². The van der Waals surface area contributed by atoms with Crippen LogP contribution >= 0.6 is 0 Å². The summed E-state index contributed by atoms with van der Waals surface area (Å²) < 4.78 is 5.21. The van der Waals surface area contributed by atoms with Crippen LogP contribution < -0.4 is 10.5 Å². The highest BCUT2D eigenvalue weighted by molar-refractivity contribution is 5.75. The number of nitrogens with two attached hydrogens (primary N) is 1. The molecule has 2 atom stereocenters. The number of ether oxygens (including phenoxy) is 1. The lowest BCUT2D eigenvalue weighted by Gasteiger charge is -2.22. The van der Waals surface area contributed by atoms with Crippen molar-refractivity contribution in [3.05, 3.63) is 153 Å². The maximum atomic E-state index is 6.24. The lowest BCUT2D eigenvalue weighted by atomic mass is 9.82. The van der Waals surface area contributed by atoms with Gasteiger partial charge in [-0.15, -0.1) is 0 Å². The zero-order valence-electron chi connectivity index (χ0n) is 30.4. The molecular weight excluding hydrogens is 558 g/mol. The normalized spacial score (nSPS) is 16.4. The third kappa shape index (κ3) is 10.2. The van der Waals surface area contributed by atoms with E-state index in [9.17, 15) is 0 Å². The van der Waals surface area contributed by atoms with Gasteiger partial charge in [-0.3, -0.25) is 0 Å². The summed E-state index contributed by atoms with van der Waals surface area (Å²) in [6.07, 6.45) is 10.4. The van der Waals surface area contributed by atoms with E-state index >= 15 is 0 Å². The molecule has 0 saturated carbocycles. The van der Waals surface area contributed by atoms with Crippen molar-refractivity contribution in [3.8, 4) is 5.75 Å². The molecule has 0 fully saturated rings. The highest BCUT2D eigenvalue weighted by atomic mass is 16.5. The third-order valence-electron chi connectivity index (χ3n) is 8.70. The Balaban J connectivity index is 0.00000110. The van der Waals surface area contributed by atoms with Crippen LogP contribution in [0.3, 0.4) is 0 Å². The van der Waals surface area contributed by atoms with E-state index < -0.39 is 0 Å². The third-order valence-corrected chi connectivity index (χ3v) is 8.70. The van der Waals surface area contributed by atoms with Gasteiger partial charge in [-0.2, -0.15) is 0 Å². The molecule has 0 radical (unpaired) electrons. The van der Waals surface area contributed by atoms with Crippen molar-refractivity contribution in [2.45, 2.75) is 88.0 Å². The summed E-state index contributed by atoms with van der Waals surface area (Å²) in [7, 11) is 1.71. The van der Waals surface area contributed by atoms with Crippen LogP contribution in [0.25, 0.3) is 5.57 Å². The molecule has 0 bridgehead atoms. The first-order valence-corrected chi connectivity index (χ1v) is 17.1. The number of aryl methyl sites for hydroxylation is 4. The molecule has 0 aliphatic heterocycles. The van der Waals surface area contributed by atoms with E-state index in [4.69, 9.17) is 10.5 Å². The Bertz CT molecular complexity index is 1560. The fraction of sp³-hybridized carbons (Fsp3) is 0.364. The standard InChI is InChI=1S/C30H33N.C10H14O.2C2H6.2H2/c1-20-11-14-24(15-12-20)16-13-21(2)17-25-7-5-8-26(19-25)28-18-22(3)30(23(28)4)27-9-6-10-29(27)31;1-7-5-8(2)9(3)10(6-7)11-4;2*1-2;;/h5-8,10-12,14-15,18-19,23,30H,2-3,9,13,16-17,31H2,1,4H3;5-6H,1-4H3;2*1-2H3;2*1H. The Kier molecular flexibility index (Phi) is 15.6. The van der Waals surface area contributed by atoms with Gasteiger partial charge in [-0.25, -0.2) is 0 Å². The van der Waals surface area contributed by atoms with Gasteiger partial charge in [0.25, 0.3) is 0 Å². The summed E-state index contributed by atoms with van der Waals surface area (Å²) in [5.41, 5.74) is 21.4. The van der Waals surface area contributed by atoms with Crippen molar-refractivity contribution in [2.75, 3.05) is 7.11 Å². The van der Waals surface area contributed by atoms with Crippen LogP contribution in [-0.4, -0.2) is 7.11 Å². The van der Waals surface area contributed by atoms with E-state index in [-0.39, 0.29) is 2.85 Å². The molecule has 3 aromatic carbocycles. The first kappa shape index (κ1) is 38.1. The summed E-state index contributed by atoms with van der Waals surface area (Å²) in [4.78, 5) is 0. The Morgan fingerprint density at radius 2 is 1.59 bits per heavy atom. The predicted octanol–water partition coefficient (Wildman–Crippen LogP) is 12.3. The molecule has 0 amide bonds. The quantitative estimate of drug-likeness (QED) is 0.254. The zero-order valence-corrected chi connectivity index (χ0v) is 30.4. The van der Waals surface area contributed by atoms with Crippen LogP contribution in [-0.2, 0) is 12.8 Å². The number of allylic oxidation sites excluding steroid dienone is 7. The summed E-state index contributed by atoms with van der Waals surface area (Å²) in [5.74, 6) is 1.70. The van der Waals surface area contributed by atoms with Crippen LogP contribution in [0.1, 0.15) is 89.3 Å². The molecule has 3 aromatic rings. The maximum Gasteiger partial charge on any atom is 0.122 e. The van der Waals surface area contributed by atoms with Gasteiger partial charge >= 0.3 is 0 Å². The molecule has 0 saturated heterocycles. The molecule has 46 heavy (non-hydrogen) atoms. The van der Waals surface area contributed by atoms with E-state index in [0.717, 1.165) is 37.1 Å². The van der Waals surface area contributed by atoms with Crippen molar-refractivity contribution in [3.63, 3.8) is 0 Å². The first-order valence-electron chi connectivity index (χ1n) is 17.1. The highest BCUT2D eigenvalue weighted by Gasteiger charge is 2.33. The van der Waals surface area contributed by atoms with Crippen molar-refractivity contribution in [1.82, 2.24) is 0 Å². The van der Waals surface area contributed by atoms with E-state index in [0.29, 0.717) is 11.8 Å². The minimum absolute atomic E-state index is 0. The summed E-state index contributed by atoms with van der Waals surface area (Å²) in [6.45, 7) is 27.4. The topological polar surface area (TPSA) is 35.2 Å². The molecule has 2 heteroatoms. The molecule has 5 rings (SSSR count). The van der Waals surface area contributed by atoms with Crippen molar-refractivity contribution in [2.24, 2.45) is 17.6 Å². The summed E-state index contributed by atoms with van der Waals surface area (Å²) in [5, 5.41) is 0. The molecule has 2 aliphatic rings. The predicted molar refractivity (Wildman–Crippen MR) is 208 cm³/mol. The van der Waals surface area contributed by atoms with Gasteiger partial charge in [-0.1, -0.05) is 126 Å². The van der Waals surface area contributed by atoms with Crippen LogP contribution in [0.15, 0.2) is 114 Å². The van der Waals surface area contributed by atoms with Crippen LogP contribution in [0.2, 0.25) is 0 Å². The summed E-state index contributed by atoms with van der Waals surface area (Å²) in [6, 6.07) is 22.0. The van der Waals surface area contributed by atoms with E-state index in [1.54, 1.807) is 7.11 Å². The average molecular weight is 622 g/mol. The minimum atomic E-state index is 0. The highest BCUT2D eigenvalue weighted by Crippen LogP contribution is 2.46. The molecule has 2 aliphatic carbocycles. The largest absolute Gasteiger partial charge is 0.496 e. The van der Waals surface area contributed by atoms with E-state index in [1.165, 1.54) is 61.2 Å². The van der Waals surface area contributed by atoms with Gasteiger partial charge in [0.1, 0.15) is 5.75 Å². The van der Waals surface area contributed by atoms with Crippen LogP contribution in [0, 0.1) is 39.5 Å². The second-order valence-electron chi connectivity index (χ2n) is 12.0. The first-order chi connectivity index (χ1) is 22.1. The molecule has 2 N–H and O–H groups in total. The minimum Gasteiger partial charge on any atom is -0.496 e. The molecule has 0 heterocycles. The Labute approximate surface area is 284 Å². The number of benzene rings is 3. The second-order valence-corrected chi connectivity index (χ2v) is 12.0. The Morgan fingerprint density at radius 3 is 2.20 bits per heavy atom. The molecule has 0 spiro atoms. The van der Waals surface area contributed by atoms with Gasteiger partial charge in [0.05, 0.1) is 7.11 Å².